The van der Waals surface area contributed by atoms with Gasteiger partial charge in [-0.25, -0.2) is 4.98 Å². The predicted molar refractivity (Wildman–Crippen MR) is 42.6 cm³/mol. The third-order valence-corrected chi connectivity index (χ3v) is 1.52. The molecule has 1 aromatic heterocycles. The van der Waals surface area contributed by atoms with Gasteiger partial charge in [-0.2, -0.15) is 0 Å². The summed E-state index contributed by atoms with van der Waals surface area (Å²) in [5.74, 6) is 0.537. The van der Waals surface area contributed by atoms with Gasteiger partial charge in [0.25, 0.3) is 0 Å². The first-order chi connectivity index (χ1) is 5.81. The lowest BCUT2D eigenvalue weighted by Gasteiger charge is -2.05. The summed E-state index contributed by atoms with van der Waals surface area (Å²) in [5.41, 5.74) is 0.976. The number of hydrogen-bond acceptors (Lipinski definition) is 4. The van der Waals surface area contributed by atoms with Gasteiger partial charge < -0.3 is 14.9 Å². The second-order valence-electron chi connectivity index (χ2n) is 2.27. The van der Waals surface area contributed by atoms with E-state index in [1.54, 1.807) is 12.1 Å². The molecule has 0 aliphatic rings. The number of aliphatic hydroxyl groups is 2. The van der Waals surface area contributed by atoms with Gasteiger partial charge in [-0.05, 0) is 12.1 Å². The van der Waals surface area contributed by atoms with Crippen LogP contribution in [0.3, 0.4) is 0 Å². The Morgan fingerprint density at radius 3 is 2.58 bits per heavy atom. The summed E-state index contributed by atoms with van der Waals surface area (Å²) in [7, 11) is 1.51. The second kappa shape index (κ2) is 4.04. The Kier molecular flexibility index (Phi) is 3.01. The molecule has 66 valence electrons. The van der Waals surface area contributed by atoms with Crippen LogP contribution in [0.15, 0.2) is 12.1 Å². The van der Waals surface area contributed by atoms with Crippen LogP contribution in [-0.2, 0) is 13.2 Å². The number of methoxy groups -OCH3 is 1. The molecule has 0 spiro atoms. The number of nitrogens with zero attached hydrogens (tertiary/aromatic N) is 1. The van der Waals surface area contributed by atoms with Gasteiger partial charge in [0.1, 0.15) is 11.4 Å². The van der Waals surface area contributed by atoms with Crippen molar-refractivity contribution in [1.82, 2.24) is 4.98 Å². The fraction of sp³-hybridized carbons (Fsp3) is 0.375. The van der Waals surface area contributed by atoms with E-state index in [9.17, 15) is 0 Å². The minimum atomic E-state index is -0.184. The van der Waals surface area contributed by atoms with Crippen molar-refractivity contribution in [3.8, 4) is 5.75 Å². The predicted octanol–water partition coefficient (Wildman–Crippen LogP) is 0.0748. The van der Waals surface area contributed by atoms with Crippen molar-refractivity contribution in [2.24, 2.45) is 0 Å². The van der Waals surface area contributed by atoms with E-state index in [-0.39, 0.29) is 13.2 Å². The number of ether oxygens (including phenoxy) is 1. The molecule has 1 aromatic rings. The van der Waals surface area contributed by atoms with Gasteiger partial charge in [-0.15, -0.1) is 0 Å². The lowest BCUT2D eigenvalue weighted by Crippen LogP contribution is -1.99. The van der Waals surface area contributed by atoms with Crippen LogP contribution >= 0.6 is 0 Å². The van der Waals surface area contributed by atoms with E-state index >= 15 is 0 Å². The number of aromatic nitrogens is 1. The highest BCUT2D eigenvalue weighted by molar-refractivity contribution is 5.28. The highest BCUT2D eigenvalue weighted by atomic mass is 16.5. The monoisotopic (exact) mass is 169 g/mol. The number of aliphatic hydroxyl groups excluding tert-OH is 2. The number of hydrogen-bond donors (Lipinski definition) is 2. The fourth-order valence-electron chi connectivity index (χ4n) is 0.921. The van der Waals surface area contributed by atoms with Gasteiger partial charge in [-0.3, -0.25) is 0 Å². The zero-order chi connectivity index (χ0) is 8.97. The standard InChI is InChI=1S/C8H11NO3/c1-12-8-3-2-6(4-10)9-7(8)5-11/h2-3,10-11H,4-5H2,1H3. The van der Waals surface area contributed by atoms with E-state index in [0.717, 1.165) is 0 Å². The maximum absolute atomic E-state index is 8.85. The van der Waals surface area contributed by atoms with Crippen LogP contribution in [0.1, 0.15) is 11.4 Å². The molecule has 4 heteroatoms. The van der Waals surface area contributed by atoms with Gasteiger partial charge in [0.05, 0.1) is 26.0 Å². The zero-order valence-corrected chi connectivity index (χ0v) is 6.82. The van der Waals surface area contributed by atoms with E-state index in [2.05, 4.69) is 4.98 Å². The summed E-state index contributed by atoms with van der Waals surface area (Å²) in [5, 5.41) is 17.6. The quantitative estimate of drug-likeness (QED) is 0.672. The van der Waals surface area contributed by atoms with E-state index in [1.807, 2.05) is 0 Å². The lowest BCUT2D eigenvalue weighted by atomic mass is 10.3. The molecule has 0 saturated heterocycles. The molecule has 2 N–H and O–H groups in total. The number of rotatable bonds is 3. The van der Waals surface area contributed by atoms with Crippen LogP contribution < -0.4 is 4.74 Å². The van der Waals surface area contributed by atoms with Gasteiger partial charge in [0.2, 0.25) is 0 Å². The van der Waals surface area contributed by atoms with E-state index in [4.69, 9.17) is 14.9 Å². The molecule has 0 atom stereocenters. The minimum absolute atomic E-state index is 0.128. The normalized spacial score (nSPS) is 9.92. The molecule has 0 amide bonds. The average molecular weight is 169 g/mol. The Morgan fingerprint density at radius 1 is 1.33 bits per heavy atom. The first kappa shape index (κ1) is 8.96. The van der Waals surface area contributed by atoms with Crippen LogP contribution in [0.2, 0.25) is 0 Å². The first-order valence-electron chi connectivity index (χ1n) is 3.56. The van der Waals surface area contributed by atoms with Crippen molar-refractivity contribution in [3.63, 3.8) is 0 Å². The van der Waals surface area contributed by atoms with E-state index in [0.29, 0.717) is 17.1 Å². The smallest absolute Gasteiger partial charge is 0.142 e. The average Bonchev–Trinajstić information content (AvgIpc) is 2.16. The molecule has 0 aromatic carbocycles. The lowest BCUT2D eigenvalue weighted by molar-refractivity contribution is 0.259. The third-order valence-electron chi connectivity index (χ3n) is 1.52. The summed E-state index contributed by atoms with van der Waals surface area (Å²) >= 11 is 0. The van der Waals surface area contributed by atoms with Gasteiger partial charge in [0, 0.05) is 0 Å². The molecule has 12 heavy (non-hydrogen) atoms. The number of pyridine rings is 1. The minimum Gasteiger partial charge on any atom is -0.495 e. The van der Waals surface area contributed by atoms with Crippen LogP contribution in [-0.4, -0.2) is 22.3 Å². The molecule has 0 aliphatic carbocycles. The van der Waals surface area contributed by atoms with Crippen molar-refractivity contribution >= 4 is 0 Å². The second-order valence-corrected chi connectivity index (χ2v) is 2.27. The third kappa shape index (κ3) is 1.72. The van der Waals surface area contributed by atoms with Crippen LogP contribution in [0.5, 0.6) is 5.75 Å². The van der Waals surface area contributed by atoms with Gasteiger partial charge in [0.15, 0.2) is 0 Å². The van der Waals surface area contributed by atoms with Crippen molar-refractivity contribution in [1.29, 1.82) is 0 Å². The summed E-state index contributed by atoms with van der Waals surface area (Å²) in [6.07, 6.45) is 0. The Balaban J connectivity index is 3.02. The Labute approximate surface area is 70.4 Å². The highest BCUT2D eigenvalue weighted by Crippen LogP contribution is 2.15. The zero-order valence-electron chi connectivity index (χ0n) is 6.82. The Hall–Kier alpha value is -1.13. The fourth-order valence-corrected chi connectivity index (χ4v) is 0.921. The maximum Gasteiger partial charge on any atom is 0.142 e. The van der Waals surface area contributed by atoms with E-state index < -0.39 is 0 Å². The molecule has 0 fully saturated rings. The molecule has 1 rings (SSSR count). The van der Waals surface area contributed by atoms with Crippen LogP contribution in [0, 0.1) is 0 Å². The molecular formula is C8H11NO3. The molecule has 4 nitrogen and oxygen atoms in total. The maximum atomic E-state index is 8.85. The molecule has 0 unspecified atom stereocenters. The van der Waals surface area contributed by atoms with Crippen molar-refractivity contribution < 1.29 is 14.9 Å². The Bertz CT molecular complexity index is 262. The SMILES string of the molecule is COc1ccc(CO)nc1CO. The molecule has 0 aliphatic heterocycles. The highest BCUT2D eigenvalue weighted by Gasteiger charge is 2.03. The van der Waals surface area contributed by atoms with Crippen molar-refractivity contribution in [2.75, 3.05) is 7.11 Å². The van der Waals surface area contributed by atoms with Gasteiger partial charge in [-0.1, -0.05) is 0 Å². The van der Waals surface area contributed by atoms with Gasteiger partial charge >= 0.3 is 0 Å². The molecule has 1 heterocycles. The van der Waals surface area contributed by atoms with Crippen LogP contribution in [0.4, 0.5) is 0 Å². The molecule has 0 radical (unpaired) electrons. The summed E-state index contributed by atoms with van der Waals surface area (Å²) < 4.78 is 4.93. The molecule has 0 saturated carbocycles. The summed E-state index contributed by atoms with van der Waals surface area (Å²) in [4.78, 5) is 3.96. The van der Waals surface area contributed by atoms with E-state index in [1.165, 1.54) is 7.11 Å². The molecular weight excluding hydrogens is 158 g/mol. The topological polar surface area (TPSA) is 62.6 Å². The Morgan fingerprint density at radius 2 is 2.08 bits per heavy atom. The van der Waals surface area contributed by atoms with Crippen molar-refractivity contribution in [2.45, 2.75) is 13.2 Å². The first-order valence-corrected chi connectivity index (χ1v) is 3.56. The van der Waals surface area contributed by atoms with Crippen LogP contribution in [0.25, 0.3) is 0 Å². The largest absolute Gasteiger partial charge is 0.495 e. The molecule has 0 bridgehead atoms. The summed E-state index contributed by atoms with van der Waals surface area (Å²) in [6.45, 7) is -0.312. The summed E-state index contributed by atoms with van der Waals surface area (Å²) in [6, 6.07) is 3.32. The van der Waals surface area contributed by atoms with Crippen molar-refractivity contribution in [3.05, 3.63) is 23.5 Å².